The Bertz CT molecular complexity index is 241. The molecule has 0 N–H and O–H groups in total. The quantitative estimate of drug-likeness (QED) is 0.650. The molecular formula is C8H8OSe. The first kappa shape index (κ1) is 7.39. The molecule has 0 fully saturated rings. The van der Waals surface area contributed by atoms with Crippen LogP contribution in [0.15, 0.2) is 41.9 Å². The summed E-state index contributed by atoms with van der Waals surface area (Å²) in [5.74, 6) is 0. The van der Waals surface area contributed by atoms with E-state index in [0.29, 0.717) is 0 Å². The number of benzene rings is 1. The fourth-order valence-corrected chi connectivity index (χ4v) is 1.95. The average molecular weight is 199 g/mol. The fourth-order valence-electron chi connectivity index (χ4n) is 0.651. The van der Waals surface area contributed by atoms with Gasteiger partial charge >= 0.3 is 64.0 Å². The van der Waals surface area contributed by atoms with Crippen molar-refractivity contribution >= 4 is 18.3 Å². The molecule has 0 spiro atoms. The normalized spacial score (nSPS) is 12.4. The number of hydrogen-bond donors (Lipinski definition) is 0. The summed E-state index contributed by atoms with van der Waals surface area (Å²) in [5.41, 5.74) is 0. The van der Waals surface area contributed by atoms with Crippen LogP contribution in [0.4, 0.5) is 0 Å². The Morgan fingerprint density at radius 2 is 1.90 bits per heavy atom. The molecule has 2 heteroatoms. The van der Waals surface area contributed by atoms with Crippen LogP contribution in [-0.2, 0) is 3.83 Å². The molecule has 0 saturated carbocycles. The zero-order chi connectivity index (χ0) is 7.40. The van der Waals surface area contributed by atoms with Gasteiger partial charge in [-0.25, -0.2) is 0 Å². The first-order valence-electron chi connectivity index (χ1n) is 2.93. The van der Waals surface area contributed by atoms with E-state index < -0.39 is 13.8 Å². The molecule has 1 nitrogen and oxygen atoms in total. The summed E-state index contributed by atoms with van der Waals surface area (Å²) < 4.78 is 12.0. The van der Waals surface area contributed by atoms with Gasteiger partial charge in [-0.15, -0.1) is 0 Å². The van der Waals surface area contributed by atoms with Gasteiger partial charge in [0.25, 0.3) is 0 Å². The number of hydrogen-bond acceptors (Lipinski definition) is 1. The molecule has 0 heterocycles. The van der Waals surface area contributed by atoms with Crippen LogP contribution >= 0.6 is 0 Å². The second-order valence-electron chi connectivity index (χ2n) is 1.78. The van der Waals surface area contributed by atoms with Crippen LogP contribution in [0.25, 0.3) is 0 Å². The van der Waals surface area contributed by atoms with Crippen molar-refractivity contribution in [3.63, 3.8) is 0 Å². The van der Waals surface area contributed by atoms with Gasteiger partial charge in [0.05, 0.1) is 0 Å². The van der Waals surface area contributed by atoms with E-state index in [9.17, 15) is 3.83 Å². The zero-order valence-corrected chi connectivity index (χ0v) is 7.20. The van der Waals surface area contributed by atoms with E-state index in [4.69, 9.17) is 0 Å². The predicted molar refractivity (Wildman–Crippen MR) is 42.7 cm³/mol. The van der Waals surface area contributed by atoms with E-state index in [0.717, 1.165) is 4.46 Å². The molecule has 0 amide bonds. The monoisotopic (exact) mass is 200 g/mol. The van der Waals surface area contributed by atoms with Crippen LogP contribution in [0.3, 0.4) is 0 Å². The van der Waals surface area contributed by atoms with Gasteiger partial charge in [0.1, 0.15) is 0 Å². The average Bonchev–Trinajstić information content (AvgIpc) is 2.05. The molecule has 10 heavy (non-hydrogen) atoms. The predicted octanol–water partition coefficient (Wildman–Crippen LogP) is 1.04. The van der Waals surface area contributed by atoms with Crippen molar-refractivity contribution in [2.24, 2.45) is 0 Å². The Balaban J connectivity index is 2.95. The van der Waals surface area contributed by atoms with Crippen LogP contribution in [0.1, 0.15) is 0 Å². The van der Waals surface area contributed by atoms with Gasteiger partial charge in [-0.1, -0.05) is 0 Å². The molecule has 0 saturated heterocycles. The summed E-state index contributed by atoms with van der Waals surface area (Å²) >= 11 is -1.90. The van der Waals surface area contributed by atoms with Crippen LogP contribution in [-0.4, -0.2) is 13.8 Å². The van der Waals surface area contributed by atoms with Gasteiger partial charge in [0, 0.05) is 0 Å². The standard InChI is InChI=1S/C8H8OSe/c1-2-10(9)8-6-4-3-5-7-8/h2-7H,1H2. The van der Waals surface area contributed by atoms with Gasteiger partial charge in [0.2, 0.25) is 0 Å². The molecule has 0 bridgehead atoms. The molecule has 1 atom stereocenters. The summed E-state index contributed by atoms with van der Waals surface area (Å²) in [5, 5.41) is 0. The fraction of sp³-hybridized carbons (Fsp3) is 0. The minimum absolute atomic E-state index is 0.900. The van der Waals surface area contributed by atoms with Gasteiger partial charge in [-0.05, 0) is 0 Å². The van der Waals surface area contributed by atoms with E-state index >= 15 is 0 Å². The summed E-state index contributed by atoms with van der Waals surface area (Å²) in [6.45, 7) is 3.48. The molecular weight excluding hydrogens is 191 g/mol. The molecule has 1 aromatic carbocycles. The SMILES string of the molecule is C=C[Se](=O)c1ccccc1. The van der Waals surface area contributed by atoms with Crippen molar-refractivity contribution in [3.05, 3.63) is 41.9 Å². The maximum absolute atomic E-state index is 11.1. The molecule has 1 aromatic rings. The van der Waals surface area contributed by atoms with Gasteiger partial charge < -0.3 is 0 Å². The molecule has 1 unspecified atom stereocenters. The first-order chi connectivity index (χ1) is 4.84. The maximum atomic E-state index is 11.1. The first-order valence-corrected chi connectivity index (χ1v) is 5.47. The van der Waals surface area contributed by atoms with Gasteiger partial charge in [-0.3, -0.25) is 0 Å². The van der Waals surface area contributed by atoms with E-state index in [2.05, 4.69) is 6.58 Å². The molecule has 0 aromatic heterocycles. The molecule has 1 rings (SSSR count). The minimum atomic E-state index is -1.90. The number of rotatable bonds is 2. The summed E-state index contributed by atoms with van der Waals surface area (Å²) in [6, 6.07) is 9.39. The summed E-state index contributed by atoms with van der Waals surface area (Å²) in [7, 11) is 0. The molecule has 0 radical (unpaired) electrons. The van der Waals surface area contributed by atoms with E-state index in [-0.39, 0.29) is 0 Å². The van der Waals surface area contributed by atoms with E-state index in [1.165, 1.54) is 4.97 Å². The second-order valence-corrected chi connectivity index (χ2v) is 4.71. The van der Waals surface area contributed by atoms with Crippen LogP contribution in [0, 0.1) is 0 Å². The van der Waals surface area contributed by atoms with Crippen molar-refractivity contribution in [2.45, 2.75) is 0 Å². The van der Waals surface area contributed by atoms with Crippen molar-refractivity contribution in [1.29, 1.82) is 0 Å². The van der Waals surface area contributed by atoms with Gasteiger partial charge in [-0.2, -0.15) is 0 Å². The summed E-state index contributed by atoms with van der Waals surface area (Å²) in [6.07, 6.45) is 0. The molecule has 0 aliphatic rings. The van der Waals surface area contributed by atoms with E-state index in [1.807, 2.05) is 30.3 Å². The molecule has 0 aliphatic carbocycles. The third-order valence-corrected chi connectivity index (χ3v) is 3.31. The Morgan fingerprint density at radius 3 is 2.40 bits per heavy atom. The van der Waals surface area contributed by atoms with Crippen molar-refractivity contribution in [1.82, 2.24) is 0 Å². The molecule has 0 aliphatic heterocycles. The van der Waals surface area contributed by atoms with Crippen LogP contribution in [0.2, 0.25) is 0 Å². The van der Waals surface area contributed by atoms with Crippen LogP contribution < -0.4 is 4.46 Å². The Morgan fingerprint density at radius 1 is 1.30 bits per heavy atom. The van der Waals surface area contributed by atoms with E-state index in [1.54, 1.807) is 0 Å². The van der Waals surface area contributed by atoms with Crippen molar-refractivity contribution < 1.29 is 3.83 Å². The summed E-state index contributed by atoms with van der Waals surface area (Å²) in [4.78, 5) is 1.52. The Labute approximate surface area is 64.5 Å². The topological polar surface area (TPSA) is 17.1 Å². The third-order valence-electron chi connectivity index (χ3n) is 1.13. The van der Waals surface area contributed by atoms with Crippen molar-refractivity contribution in [3.8, 4) is 0 Å². The Hall–Kier alpha value is -0.721. The van der Waals surface area contributed by atoms with Gasteiger partial charge in [0.15, 0.2) is 0 Å². The van der Waals surface area contributed by atoms with Crippen LogP contribution in [0.5, 0.6) is 0 Å². The second kappa shape index (κ2) is 3.45. The zero-order valence-electron chi connectivity index (χ0n) is 5.49. The van der Waals surface area contributed by atoms with Crippen molar-refractivity contribution in [2.75, 3.05) is 0 Å². The Kier molecular flexibility index (Phi) is 2.55. The third kappa shape index (κ3) is 1.63. The molecule has 52 valence electrons.